The molecule has 11 heteroatoms. The molecule has 0 unspecified atom stereocenters. The number of halogens is 1. The van der Waals surface area contributed by atoms with Gasteiger partial charge in [-0.05, 0) is 57.2 Å². The molecular formula is C29H32FN5O4S. The predicted octanol–water partition coefficient (Wildman–Crippen LogP) is 5.43. The SMILES string of the molecule is CCOc1cc(OC(C)C)c(F)c(N(Cc2nc(-c3cccc(S(C)(=O)=O)c3)c[nH]2)c2ccc(C(=N)N)cc2)c1. The van der Waals surface area contributed by atoms with Gasteiger partial charge in [-0.25, -0.2) is 17.8 Å². The molecule has 1 aromatic heterocycles. The predicted molar refractivity (Wildman–Crippen MR) is 154 cm³/mol. The molecule has 0 saturated carbocycles. The van der Waals surface area contributed by atoms with Gasteiger partial charge in [0.1, 0.15) is 17.4 Å². The number of hydrogen-bond donors (Lipinski definition) is 3. The number of benzene rings is 3. The second-order valence-electron chi connectivity index (χ2n) is 9.43. The van der Waals surface area contributed by atoms with Gasteiger partial charge in [0, 0.05) is 41.4 Å². The van der Waals surface area contributed by atoms with Gasteiger partial charge in [0.2, 0.25) is 0 Å². The molecular weight excluding hydrogens is 533 g/mol. The van der Waals surface area contributed by atoms with Crippen molar-refractivity contribution in [1.29, 1.82) is 5.41 Å². The third-order valence-corrected chi connectivity index (χ3v) is 7.05. The van der Waals surface area contributed by atoms with Gasteiger partial charge in [0.25, 0.3) is 0 Å². The van der Waals surface area contributed by atoms with Crippen molar-refractivity contribution in [2.45, 2.75) is 38.3 Å². The molecule has 9 nitrogen and oxygen atoms in total. The molecule has 210 valence electrons. The number of nitrogens with one attached hydrogen (secondary N) is 2. The van der Waals surface area contributed by atoms with Gasteiger partial charge in [-0.15, -0.1) is 0 Å². The number of anilines is 2. The molecule has 40 heavy (non-hydrogen) atoms. The van der Waals surface area contributed by atoms with E-state index in [0.29, 0.717) is 40.7 Å². The van der Waals surface area contributed by atoms with Crippen LogP contribution in [0.1, 0.15) is 32.2 Å². The summed E-state index contributed by atoms with van der Waals surface area (Å²) < 4.78 is 51.5. The van der Waals surface area contributed by atoms with Gasteiger partial charge >= 0.3 is 0 Å². The molecule has 3 aromatic carbocycles. The molecule has 0 radical (unpaired) electrons. The van der Waals surface area contributed by atoms with E-state index in [1.54, 1.807) is 59.6 Å². The fourth-order valence-corrected chi connectivity index (χ4v) is 4.77. The van der Waals surface area contributed by atoms with Crippen LogP contribution in [0.25, 0.3) is 11.3 Å². The largest absolute Gasteiger partial charge is 0.494 e. The van der Waals surface area contributed by atoms with Crippen LogP contribution in [0.5, 0.6) is 11.5 Å². The highest BCUT2D eigenvalue weighted by Crippen LogP contribution is 2.38. The second kappa shape index (κ2) is 11.8. The molecule has 4 N–H and O–H groups in total. The van der Waals surface area contributed by atoms with Crippen LogP contribution in [0.3, 0.4) is 0 Å². The Labute approximate surface area is 233 Å². The average Bonchev–Trinajstić information content (AvgIpc) is 3.37. The number of H-pyrrole nitrogens is 1. The molecule has 0 bridgehead atoms. The standard InChI is InChI=1S/C29H32FN5O4S/c1-5-38-22-14-25(28(30)26(15-22)39-18(2)3)35(21-11-9-19(10-12-21)29(31)32)17-27-33-16-24(34-27)20-7-6-8-23(13-20)40(4,36)37/h6-16,18H,5,17H2,1-4H3,(H3,31,32)(H,33,34). The Morgan fingerprint density at radius 3 is 2.50 bits per heavy atom. The smallest absolute Gasteiger partial charge is 0.188 e. The summed E-state index contributed by atoms with van der Waals surface area (Å²) in [4.78, 5) is 9.70. The summed E-state index contributed by atoms with van der Waals surface area (Å²) in [6.45, 7) is 5.97. The van der Waals surface area contributed by atoms with Gasteiger partial charge in [-0.3, -0.25) is 5.41 Å². The minimum absolute atomic E-state index is 0.0547. The fraction of sp³-hybridized carbons (Fsp3) is 0.241. The summed E-state index contributed by atoms with van der Waals surface area (Å²) >= 11 is 0. The first-order valence-corrected chi connectivity index (χ1v) is 14.5. The van der Waals surface area contributed by atoms with Crippen molar-refractivity contribution < 1.29 is 22.3 Å². The minimum Gasteiger partial charge on any atom is -0.494 e. The van der Waals surface area contributed by atoms with Crippen LogP contribution < -0.4 is 20.1 Å². The van der Waals surface area contributed by atoms with Crippen LogP contribution in [0.15, 0.2) is 71.8 Å². The maximum Gasteiger partial charge on any atom is 0.188 e. The van der Waals surface area contributed by atoms with Crippen molar-refractivity contribution in [2.75, 3.05) is 17.8 Å². The summed E-state index contributed by atoms with van der Waals surface area (Å²) in [5.41, 5.74) is 8.15. The number of hydrogen-bond acceptors (Lipinski definition) is 7. The van der Waals surface area contributed by atoms with Crippen molar-refractivity contribution in [3.8, 4) is 22.8 Å². The molecule has 0 spiro atoms. The van der Waals surface area contributed by atoms with Gasteiger partial charge in [-0.1, -0.05) is 12.1 Å². The fourth-order valence-electron chi connectivity index (χ4n) is 4.11. The summed E-state index contributed by atoms with van der Waals surface area (Å²) in [5.74, 6) is 0.349. The quantitative estimate of drug-likeness (QED) is 0.163. The first kappa shape index (κ1) is 28.6. The number of imidazole rings is 1. The monoisotopic (exact) mass is 565 g/mol. The van der Waals surface area contributed by atoms with E-state index in [0.717, 1.165) is 6.26 Å². The highest BCUT2D eigenvalue weighted by Gasteiger charge is 2.22. The van der Waals surface area contributed by atoms with Crippen molar-refractivity contribution in [3.63, 3.8) is 0 Å². The lowest BCUT2D eigenvalue weighted by Gasteiger charge is -2.26. The van der Waals surface area contributed by atoms with Gasteiger partial charge in [0.05, 0.1) is 35.5 Å². The van der Waals surface area contributed by atoms with Crippen LogP contribution in [0, 0.1) is 11.2 Å². The average molecular weight is 566 g/mol. The number of nitrogens with two attached hydrogens (primary N) is 1. The number of sulfone groups is 1. The molecule has 0 aliphatic carbocycles. The maximum absolute atomic E-state index is 16.0. The molecule has 0 amide bonds. The number of nitrogens with zero attached hydrogens (tertiary/aromatic N) is 2. The summed E-state index contributed by atoms with van der Waals surface area (Å²) in [5, 5.41) is 7.71. The summed E-state index contributed by atoms with van der Waals surface area (Å²) in [6.07, 6.45) is 2.56. The normalized spacial score (nSPS) is 11.4. The van der Waals surface area contributed by atoms with Crippen molar-refractivity contribution >= 4 is 27.0 Å². The molecule has 0 atom stereocenters. The molecule has 0 aliphatic heterocycles. The lowest BCUT2D eigenvalue weighted by molar-refractivity contribution is 0.229. The number of aromatic amines is 1. The topological polar surface area (TPSA) is 134 Å². The molecule has 0 fully saturated rings. The Morgan fingerprint density at radius 2 is 1.88 bits per heavy atom. The van der Waals surface area contributed by atoms with E-state index in [1.807, 2.05) is 20.8 Å². The van der Waals surface area contributed by atoms with Gasteiger partial charge < -0.3 is 25.1 Å². The summed E-state index contributed by atoms with van der Waals surface area (Å²) in [7, 11) is -3.39. The maximum atomic E-state index is 16.0. The Balaban J connectivity index is 1.79. The van der Waals surface area contributed by atoms with Crippen molar-refractivity contribution in [3.05, 3.63) is 84.1 Å². The number of nitrogen functional groups attached to an aromatic ring is 1. The Bertz CT molecular complexity index is 1620. The van der Waals surface area contributed by atoms with Crippen LogP contribution in [0.2, 0.25) is 0 Å². The molecule has 0 saturated heterocycles. The zero-order valence-corrected chi connectivity index (χ0v) is 23.5. The number of ether oxygens (including phenoxy) is 2. The van der Waals surface area contributed by atoms with Crippen LogP contribution in [0.4, 0.5) is 15.8 Å². The highest BCUT2D eigenvalue weighted by atomic mass is 32.2. The highest BCUT2D eigenvalue weighted by molar-refractivity contribution is 7.90. The van der Waals surface area contributed by atoms with E-state index in [4.69, 9.17) is 20.6 Å². The molecule has 4 rings (SSSR count). The first-order valence-electron chi connectivity index (χ1n) is 12.7. The van der Waals surface area contributed by atoms with E-state index in [1.165, 1.54) is 12.1 Å². The van der Waals surface area contributed by atoms with E-state index in [2.05, 4.69) is 9.97 Å². The van der Waals surface area contributed by atoms with E-state index < -0.39 is 15.7 Å². The lowest BCUT2D eigenvalue weighted by Crippen LogP contribution is -2.20. The Hall–Kier alpha value is -4.38. The number of aromatic nitrogens is 2. The Morgan fingerprint density at radius 1 is 1.15 bits per heavy atom. The lowest BCUT2D eigenvalue weighted by atomic mass is 10.1. The van der Waals surface area contributed by atoms with Crippen molar-refractivity contribution in [1.82, 2.24) is 9.97 Å². The van der Waals surface area contributed by atoms with Crippen molar-refractivity contribution in [2.24, 2.45) is 5.73 Å². The van der Waals surface area contributed by atoms with Gasteiger partial charge in [-0.2, -0.15) is 0 Å². The zero-order chi connectivity index (χ0) is 29.0. The molecule has 4 aromatic rings. The minimum atomic E-state index is -3.39. The van der Waals surface area contributed by atoms with Gasteiger partial charge in [0.15, 0.2) is 21.4 Å². The van der Waals surface area contributed by atoms with Crippen LogP contribution in [-0.2, 0) is 16.4 Å². The van der Waals surface area contributed by atoms with E-state index in [9.17, 15) is 8.42 Å². The molecule has 0 aliphatic rings. The molecule has 1 heterocycles. The summed E-state index contributed by atoms with van der Waals surface area (Å²) in [6, 6.07) is 16.5. The Kier molecular flexibility index (Phi) is 8.43. The van der Waals surface area contributed by atoms with Crippen LogP contribution >= 0.6 is 0 Å². The van der Waals surface area contributed by atoms with E-state index >= 15 is 4.39 Å². The third kappa shape index (κ3) is 6.60. The van der Waals surface area contributed by atoms with Crippen LogP contribution in [-0.4, -0.2) is 43.2 Å². The zero-order valence-electron chi connectivity index (χ0n) is 22.7. The number of rotatable bonds is 11. The third-order valence-electron chi connectivity index (χ3n) is 5.94. The first-order chi connectivity index (χ1) is 19.0. The van der Waals surface area contributed by atoms with E-state index in [-0.39, 0.29) is 34.8 Å². The number of amidine groups is 1. The second-order valence-corrected chi connectivity index (χ2v) is 11.4.